The first-order chi connectivity index (χ1) is 9.65. The normalized spacial score (nSPS) is 17.9. The molecule has 1 amide bonds. The molecule has 1 aliphatic heterocycles. The van der Waals surface area contributed by atoms with Crippen molar-refractivity contribution in [1.82, 2.24) is 10.2 Å². The number of ether oxygens (including phenoxy) is 2. The summed E-state index contributed by atoms with van der Waals surface area (Å²) in [6, 6.07) is 5.90. The summed E-state index contributed by atoms with van der Waals surface area (Å²) in [7, 11) is 5.07. The van der Waals surface area contributed by atoms with Crippen LogP contribution in [0.1, 0.15) is 12.0 Å². The minimum Gasteiger partial charge on any atom is -0.493 e. The molecule has 1 atom stereocenters. The molecule has 1 saturated heterocycles. The van der Waals surface area contributed by atoms with Crippen molar-refractivity contribution in [3.63, 3.8) is 0 Å². The van der Waals surface area contributed by atoms with Gasteiger partial charge < -0.3 is 19.7 Å². The Morgan fingerprint density at radius 1 is 1.35 bits per heavy atom. The lowest BCUT2D eigenvalue weighted by molar-refractivity contribution is -0.130. The maximum absolute atomic E-state index is 12.3. The van der Waals surface area contributed by atoms with Crippen molar-refractivity contribution in [3.8, 4) is 11.5 Å². The maximum Gasteiger partial charge on any atom is 0.227 e. The molecule has 5 heteroatoms. The van der Waals surface area contributed by atoms with E-state index in [1.165, 1.54) is 0 Å². The number of carbonyl (C=O) groups excluding carboxylic acids is 1. The molecule has 0 aromatic heterocycles. The van der Waals surface area contributed by atoms with Gasteiger partial charge in [-0.2, -0.15) is 0 Å². The summed E-state index contributed by atoms with van der Waals surface area (Å²) in [4.78, 5) is 14.1. The van der Waals surface area contributed by atoms with Gasteiger partial charge in [-0.1, -0.05) is 6.07 Å². The van der Waals surface area contributed by atoms with Crippen LogP contribution in [-0.4, -0.2) is 51.2 Å². The van der Waals surface area contributed by atoms with Crippen LogP contribution in [-0.2, 0) is 11.2 Å². The molecule has 0 radical (unpaired) electrons. The third kappa shape index (κ3) is 3.22. The Hall–Kier alpha value is -1.75. The van der Waals surface area contributed by atoms with Gasteiger partial charge in [0.1, 0.15) is 0 Å². The Kier molecular flexibility index (Phi) is 4.84. The number of carbonyl (C=O) groups is 1. The molecule has 1 aromatic rings. The number of rotatable bonds is 5. The van der Waals surface area contributed by atoms with Gasteiger partial charge in [0.25, 0.3) is 0 Å². The Balaban J connectivity index is 2.03. The highest BCUT2D eigenvalue weighted by Gasteiger charge is 2.23. The third-order valence-electron chi connectivity index (χ3n) is 3.78. The summed E-state index contributed by atoms with van der Waals surface area (Å²) in [5, 5.41) is 3.27. The second kappa shape index (κ2) is 6.61. The van der Waals surface area contributed by atoms with Crippen LogP contribution in [0.25, 0.3) is 0 Å². The van der Waals surface area contributed by atoms with Gasteiger partial charge in [-0.15, -0.1) is 0 Å². The topological polar surface area (TPSA) is 50.8 Å². The lowest BCUT2D eigenvalue weighted by Crippen LogP contribution is -2.39. The molecular weight excluding hydrogens is 256 g/mol. The highest BCUT2D eigenvalue weighted by Crippen LogP contribution is 2.27. The van der Waals surface area contributed by atoms with Gasteiger partial charge in [-0.3, -0.25) is 4.79 Å². The fourth-order valence-corrected chi connectivity index (χ4v) is 2.46. The van der Waals surface area contributed by atoms with E-state index in [0.29, 0.717) is 24.0 Å². The van der Waals surface area contributed by atoms with Crippen molar-refractivity contribution < 1.29 is 14.3 Å². The molecule has 1 heterocycles. The van der Waals surface area contributed by atoms with Gasteiger partial charge in [-0.05, 0) is 30.7 Å². The molecule has 5 nitrogen and oxygen atoms in total. The fourth-order valence-electron chi connectivity index (χ4n) is 2.46. The summed E-state index contributed by atoms with van der Waals surface area (Å²) < 4.78 is 10.5. The highest BCUT2D eigenvalue weighted by atomic mass is 16.5. The number of hydrogen-bond donors (Lipinski definition) is 1. The van der Waals surface area contributed by atoms with E-state index in [-0.39, 0.29) is 5.91 Å². The van der Waals surface area contributed by atoms with Crippen LogP contribution in [0.15, 0.2) is 18.2 Å². The number of benzene rings is 1. The van der Waals surface area contributed by atoms with E-state index in [2.05, 4.69) is 5.32 Å². The van der Waals surface area contributed by atoms with Crippen LogP contribution in [0.2, 0.25) is 0 Å². The number of methoxy groups -OCH3 is 2. The molecule has 110 valence electrons. The predicted molar refractivity (Wildman–Crippen MR) is 77.3 cm³/mol. The van der Waals surface area contributed by atoms with Crippen LogP contribution in [0, 0.1) is 0 Å². The standard InChI is InChI=1S/C15H22N2O3/c1-17(12-6-7-16-10-12)15(18)9-11-4-5-13(19-2)14(8-11)20-3/h4-5,8,12,16H,6-7,9-10H2,1-3H3. The molecule has 20 heavy (non-hydrogen) atoms. The van der Waals surface area contributed by atoms with Crippen LogP contribution < -0.4 is 14.8 Å². The number of nitrogens with zero attached hydrogens (tertiary/aromatic N) is 1. The molecule has 2 rings (SSSR count). The van der Waals surface area contributed by atoms with E-state index < -0.39 is 0 Å². The minimum atomic E-state index is 0.130. The molecule has 1 unspecified atom stereocenters. The van der Waals surface area contributed by atoms with Gasteiger partial charge >= 0.3 is 0 Å². The van der Waals surface area contributed by atoms with Gasteiger partial charge in [-0.25, -0.2) is 0 Å². The van der Waals surface area contributed by atoms with Crippen molar-refractivity contribution in [2.45, 2.75) is 18.9 Å². The summed E-state index contributed by atoms with van der Waals surface area (Å²) in [6.45, 7) is 1.87. The zero-order valence-corrected chi connectivity index (χ0v) is 12.3. The van der Waals surface area contributed by atoms with Crippen molar-refractivity contribution in [2.24, 2.45) is 0 Å². The lowest BCUT2D eigenvalue weighted by atomic mass is 10.1. The quantitative estimate of drug-likeness (QED) is 0.875. The Labute approximate surface area is 119 Å². The average molecular weight is 278 g/mol. The van der Waals surface area contributed by atoms with Crippen molar-refractivity contribution in [1.29, 1.82) is 0 Å². The lowest BCUT2D eigenvalue weighted by Gasteiger charge is -2.24. The first kappa shape index (κ1) is 14.7. The monoisotopic (exact) mass is 278 g/mol. The number of likely N-dealkylation sites (N-methyl/N-ethyl adjacent to an activating group) is 1. The molecule has 0 spiro atoms. The second-order valence-electron chi connectivity index (χ2n) is 5.02. The Morgan fingerprint density at radius 2 is 2.10 bits per heavy atom. The highest BCUT2D eigenvalue weighted by molar-refractivity contribution is 5.79. The van der Waals surface area contributed by atoms with Crippen molar-refractivity contribution in [2.75, 3.05) is 34.4 Å². The van der Waals surface area contributed by atoms with Crippen LogP contribution in [0.5, 0.6) is 11.5 Å². The number of nitrogens with one attached hydrogen (secondary N) is 1. The van der Waals surface area contributed by atoms with E-state index in [1.807, 2.05) is 30.1 Å². The summed E-state index contributed by atoms with van der Waals surface area (Å²) in [6.07, 6.45) is 1.40. The largest absolute Gasteiger partial charge is 0.493 e. The summed E-state index contributed by atoms with van der Waals surface area (Å²) in [5.74, 6) is 1.46. The van der Waals surface area contributed by atoms with E-state index in [1.54, 1.807) is 14.2 Å². The van der Waals surface area contributed by atoms with Crippen LogP contribution in [0.3, 0.4) is 0 Å². The zero-order valence-electron chi connectivity index (χ0n) is 12.3. The molecule has 1 fully saturated rings. The molecule has 0 bridgehead atoms. The number of amides is 1. The van der Waals surface area contributed by atoms with Crippen LogP contribution >= 0.6 is 0 Å². The van der Waals surface area contributed by atoms with Gasteiger partial charge in [0, 0.05) is 19.6 Å². The van der Waals surface area contributed by atoms with Crippen LogP contribution in [0.4, 0.5) is 0 Å². The van der Waals surface area contributed by atoms with Gasteiger partial charge in [0.15, 0.2) is 11.5 Å². The van der Waals surface area contributed by atoms with Crippen molar-refractivity contribution in [3.05, 3.63) is 23.8 Å². The molecule has 1 aliphatic rings. The fraction of sp³-hybridized carbons (Fsp3) is 0.533. The van der Waals surface area contributed by atoms with E-state index in [0.717, 1.165) is 25.1 Å². The smallest absolute Gasteiger partial charge is 0.227 e. The minimum absolute atomic E-state index is 0.130. The van der Waals surface area contributed by atoms with Crippen molar-refractivity contribution >= 4 is 5.91 Å². The van der Waals surface area contributed by atoms with E-state index in [9.17, 15) is 4.79 Å². The Morgan fingerprint density at radius 3 is 2.70 bits per heavy atom. The predicted octanol–water partition coefficient (Wildman–Crippen LogP) is 1.07. The summed E-state index contributed by atoms with van der Waals surface area (Å²) >= 11 is 0. The van der Waals surface area contributed by atoms with Gasteiger partial charge in [0.05, 0.1) is 20.6 Å². The molecule has 1 aromatic carbocycles. The SMILES string of the molecule is COc1ccc(CC(=O)N(C)C2CCNC2)cc1OC. The zero-order chi connectivity index (χ0) is 14.5. The molecular formula is C15H22N2O3. The second-order valence-corrected chi connectivity index (χ2v) is 5.02. The third-order valence-corrected chi connectivity index (χ3v) is 3.78. The molecule has 1 N–H and O–H groups in total. The van der Waals surface area contributed by atoms with Gasteiger partial charge in [0.2, 0.25) is 5.91 Å². The molecule has 0 saturated carbocycles. The molecule has 0 aliphatic carbocycles. The number of hydrogen-bond acceptors (Lipinski definition) is 4. The maximum atomic E-state index is 12.3. The van der Waals surface area contributed by atoms with E-state index in [4.69, 9.17) is 9.47 Å². The first-order valence-corrected chi connectivity index (χ1v) is 6.83. The van der Waals surface area contributed by atoms with E-state index >= 15 is 0 Å². The Bertz CT molecular complexity index is 470. The first-order valence-electron chi connectivity index (χ1n) is 6.83. The summed E-state index contributed by atoms with van der Waals surface area (Å²) in [5.41, 5.74) is 0.936. The average Bonchev–Trinajstić information content (AvgIpc) is 3.00.